The highest BCUT2D eigenvalue weighted by atomic mass is 79.9. The first-order chi connectivity index (χ1) is 9.56. The van der Waals surface area contributed by atoms with Gasteiger partial charge in [0.2, 0.25) is 5.91 Å². The Hall–Kier alpha value is -1.13. The van der Waals surface area contributed by atoms with Crippen LogP contribution in [0.5, 0.6) is 0 Å². The molecule has 3 rings (SSSR count). The van der Waals surface area contributed by atoms with E-state index in [2.05, 4.69) is 41.0 Å². The van der Waals surface area contributed by atoms with Gasteiger partial charge in [0.15, 0.2) is 0 Å². The fraction of sp³-hybridized carbons (Fsp3) is 0.438. The van der Waals surface area contributed by atoms with E-state index in [0.29, 0.717) is 0 Å². The number of halogens is 1. The quantitative estimate of drug-likeness (QED) is 0.854. The number of aromatic nitrogens is 1. The molecule has 2 aromatic rings. The summed E-state index contributed by atoms with van der Waals surface area (Å²) in [5, 5.41) is 1.19. The number of nitrogens with zero attached hydrogens (tertiary/aromatic N) is 2. The average Bonchev–Trinajstić information content (AvgIpc) is 3.18. The lowest BCUT2D eigenvalue weighted by Crippen LogP contribution is -2.15. The van der Waals surface area contributed by atoms with Crippen molar-refractivity contribution in [3.63, 3.8) is 0 Å². The molecule has 0 atom stereocenters. The fourth-order valence-corrected chi connectivity index (χ4v) is 2.88. The van der Waals surface area contributed by atoms with Crippen molar-refractivity contribution in [3.05, 3.63) is 34.4 Å². The first kappa shape index (κ1) is 13.8. The molecule has 1 saturated carbocycles. The van der Waals surface area contributed by atoms with E-state index in [0.717, 1.165) is 35.8 Å². The van der Waals surface area contributed by atoms with Crippen LogP contribution in [0, 0.1) is 5.92 Å². The molecule has 1 aromatic heterocycles. The normalized spacial score (nSPS) is 15.2. The van der Waals surface area contributed by atoms with Gasteiger partial charge < -0.3 is 4.90 Å². The lowest BCUT2D eigenvalue weighted by molar-refractivity contribution is 0.0891. The molecule has 1 aliphatic rings. The van der Waals surface area contributed by atoms with Gasteiger partial charge in [-0.15, -0.1) is 0 Å². The van der Waals surface area contributed by atoms with Crippen LogP contribution in [0.1, 0.15) is 23.2 Å². The smallest absolute Gasteiger partial charge is 0.234 e. The molecule has 0 spiro atoms. The number of carbonyl (C=O) groups is 1. The fourth-order valence-electron chi connectivity index (χ4n) is 2.52. The second-order valence-corrected chi connectivity index (χ2v) is 6.77. The molecule has 1 aromatic carbocycles. The Bertz CT molecular complexity index is 656. The second-order valence-electron chi connectivity index (χ2n) is 5.85. The summed E-state index contributed by atoms with van der Waals surface area (Å²) in [7, 11) is 4.15. The van der Waals surface area contributed by atoms with E-state index in [4.69, 9.17) is 0 Å². The number of fused-ring (bicyclic) bond motifs is 1. The third-order valence-corrected chi connectivity index (χ3v) is 4.33. The summed E-state index contributed by atoms with van der Waals surface area (Å²) in [6.45, 7) is 0.989. The highest BCUT2D eigenvalue weighted by molar-refractivity contribution is 9.10. The van der Waals surface area contributed by atoms with Gasteiger partial charge in [0, 0.05) is 28.5 Å². The van der Waals surface area contributed by atoms with E-state index in [-0.39, 0.29) is 11.8 Å². The molecular formula is C16H19BrN2O. The van der Waals surface area contributed by atoms with Gasteiger partial charge in [0.1, 0.15) is 0 Å². The topological polar surface area (TPSA) is 25.2 Å². The van der Waals surface area contributed by atoms with Crippen LogP contribution in [-0.4, -0.2) is 36.0 Å². The molecule has 3 nitrogen and oxygen atoms in total. The number of likely N-dealkylation sites (N-methyl/N-ethyl adjacent to an activating group) is 1. The Kier molecular flexibility index (Phi) is 3.69. The third kappa shape index (κ3) is 2.67. The predicted octanol–water partition coefficient (Wildman–Crippen LogP) is 3.56. The maximum Gasteiger partial charge on any atom is 0.234 e. The highest BCUT2D eigenvalue weighted by Gasteiger charge is 2.31. The van der Waals surface area contributed by atoms with Crippen molar-refractivity contribution < 1.29 is 4.79 Å². The van der Waals surface area contributed by atoms with Crippen LogP contribution in [0.4, 0.5) is 0 Å². The minimum atomic E-state index is 0.246. The Morgan fingerprint density at radius 2 is 2.15 bits per heavy atom. The van der Waals surface area contributed by atoms with Gasteiger partial charge in [-0.05, 0) is 57.1 Å². The summed E-state index contributed by atoms with van der Waals surface area (Å²) in [6.07, 6.45) is 5.09. The minimum absolute atomic E-state index is 0.246. The zero-order valence-electron chi connectivity index (χ0n) is 11.9. The van der Waals surface area contributed by atoms with Gasteiger partial charge in [0.25, 0.3) is 0 Å². The van der Waals surface area contributed by atoms with Crippen LogP contribution in [0.2, 0.25) is 0 Å². The molecule has 0 saturated heterocycles. The Balaban J connectivity index is 2.04. The highest BCUT2D eigenvalue weighted by Crippen LogP contribution is 2.33. The summed E-state index contributed by atoms with van der Waals surface area (Å²) >= 11 is 3.53. The van der Waals surface area contributed by atoms with Gasteiger partial charge in [0.05, 0.1) is 5.52 Å². The first-order valence-electron chi connectivity index (χ1n) is 7.04. The third-order valence-electron chi connectivity index (χ3n) is 3.84. The maximum atomic E-state index is 12.4. The number of rotatable bonds is 4. The summed E-state index contributed by atoms with van der Waals surface area (Å²) in [5.41, 5.74) is 2.29. The molecule has 106 valence electrons. The van der Waals surface area contributed by atoms with Crippen LogP contribution in [0.25, 0.3) is 10.9 Å². The van der Waals surface area contributed by atoms with E-state index in [9.17, 15) is 4.79 Å². The van der Waals surface area contributed by atoms with Crippen molar-refractivity contribution in [2.24, 2.45) is 5.92 Å². The van der Waals surface area contributed by atoms with E-state index in [1.54, 1.807) is 0 Å². The van der Waals surface area contributed by atoms with Crippen molar-refractivity contribution in [2.75, 3.05) is 20.6 Å². The molecule has 0 bridgehead atoms. The summed E-state index contributed by atoms with van der Waals surface area (Å²) in [4.78, 5) is 14.6. The Morgan fingerprint density at radius 1 is 1.40 bits per heavy atom. The van der Waals surface area contributed by atoms with Crippen molar-refractivity contribution in [1.29, 1.82) is 0 Å². The SMILES string of the molecule is CN(C)CCc1cn(C(=O)C2CC2)c2ccc(Br)cc12. The number of hydrogen-bond donors (Lipinski definition) is 0. The summed E-state index contributed by atoms with van der Waals surface area (Å²) in [5.74, 6) is 0.504. The molecule has 0 amide bonds. The van der Waals surface area contributed by atoms with Crippen LogP contribution in [-0.2, 0) is 6.42 Å². The molecule has 4 heteroatoms. The van der Waals surface area contributed by atoms with Crippen molar-refractivity contribution in [2.45, 2.75) is 19.3 Å². The van der Waals surface area contributed by atoms with Gasteiger partial charge >= 0.3 is 0 Å². The van der Waals surface area contributed by atoms with Crippen LogP contribution < -0.4 is 0 Å². The molecule has 0 radical (unpaired) electrons. The van der Waals surface area contributed by atoms with E-state index in [1.165, 1.54) is 10.9 Å². The van der Waals surface area contributed by atoms with E-state index < -0.39 is 0 Å². The van der Waals surface area contributed by atoms with Crippen molar-refractivity contribution >= 4 is 32.7 Å². The maximum absolute atomic E-state index is 12.4. The van der Waals surface area contributed by atoms with Gasteiger partial charge in [-0.3, -0.25) is 9.36 Å². The summed E-state index contributed by atoms with van der Waals surface area (Å²) in [6, 6.07) is 6.17. The molecule has 0 N–H and O–H groups in total. The van der Waals surface area contributed by atoms with Crippen LogP contribution >= 0.6 is 15.9 Å². The van der Waals surface area contributed by atoms with E-state index in [1.807, 2.05) is 22.9 Å². The molecule has 1 heterocycles. The zero-order chi connectivity index (χ0) is 14.3. The molecule has 1 fully saturated rings. The molecule has 20 heavy (non-hydrogen) atoms. The second kappa shape index (κ2) is 5.34. The lowest BCUT2D eigenvalue weighted by Gasteiger charge is -2.08. The number of benzene rings is 1. The first-order valence-corrected chi connectivity index (χ1v) is 7.84. The average molecular weight is 335 g/mol. The largest absolute Gasteiger partial charge is 0.309 e. The Labute approximate surface area is 127 Å². The van der Waals surface area contributed by atoms with Crippen molar-refractivity contribution in [1.82, 2.24) is 9.47 Å². The Morgan fingerprint density at radius 3 is 2.80 bits per heavy atom. The van der Waals surface area contributed by atoms with E-state index >= 15 is 0 Å². The summed E-state index contributed by atoms with van der Waals surface area (Å²) < 4.78 is 2.93. The minimum Gasteiger partial charge on any atom is -0.309 e. The van der Waals surface area contributed by atoms with Crippen molar-refractivity contribution in [3.8, 4) is 0 Å². The zero-order valence-corrected chi connectivity index (χ0v) is 13.5. The standard InChI is InChI=1S/C16H19BrN2O/c1-18(2)8-7-12-10-19(16(20)11-3-4-11)15-6-5-13(17)9-14(12)15/h5-6,9-11H,3-4,7-8H2,1-2H3. The van der Waals surface area contributed by atoms with Gasteiger partial charge in [-0.2, -0.15) is 0 Å². The molecule has 0 aliphatic heterocycles. The number of carbonyl (C=O) groups excluding carboxylic acids is 1. The molecular weight excluding hydrogens is 316 g/mol. The van der Waals surface area contributed by atoms with Gasteiger partial charge in [-0.1, -0.05) is 15.9 Å². The van der Waals surface area contributed by atoms with Crippen LogP contribution in [0.3, 0.4) is 0 Å². The predicted molar refractivity (Wildman–Crippen MR) is 85.2 cm³/mol. The lowest BCUT2D eigenvalue weighted by atomic mass is 10.1. The van der Waals surface area contributed by atoms with Crippen LogP contribution in [0.15, 0.2) is 28.9 Å². The molecule has 0 unspecified atom stereocenters. The van der Waals surface area contributed by atoms with Gasteiger partial charge in [-0.25, -0.2) is 0 Å². The number of hydrogen-bond acceptors (Lipinski definition) is 2. The monoisotopic (exact) mass is 334 g/mol. The molecule has 1 aliphatic carbocycles.